The molecule has 7 heteroatoms. The molecule has 0 amide bonds. The van der Waals surface area contributed by atoms with Gasteiger partial charge in [-0.15, -0.1) is 11.3 Å². The highest BCUT2D eigenvalue weighted by molar-refractivity contribution is 7.89. The molecule has 1 rings (SSSR count). The second-order valence-corrected chi connectivity index (χ2v) is 7.19. The number of anilines is 1. The lowest BCUT2D eigenvalue weighted by atomic mass is 10.4. The quantitative estimate of drug-likeness (QED) is 0.863. The molecule has 0 fully saturated rings. The van der Waals surface area contributed by atoms with Crippen molar-refractivity contribution in [2.75, 3.05) is 31.7 Å². The fourth-order valence-electron chi connectivity index (χ4n) is 1.02. The van der Waals surface area contributed by atoms with Crippen LogP contribution in [-0.4, -0.2) is 44.1 Å². The summed E-state index contributed by atoms with van der Waals surface area (Å²) >= 11 is 1.54. The molecule has 1 heterocycles. The molecule has 0 saturated carbocycles. The smallest absolute Gasteiger partial charge is 0.215 e. The summed E-state index contributed by atoms with van der Waals surface area (Å²) < 4.78 is 24.2. The highest BCUT2D eigenvalue weighted by Gasteiger charge is 2.13. The van der Waals surface area contributed by atoms with E-state index < -0.39 is 10.0 Å². The summed E-state index contributed by atoms with van der Waals surface area (Å²) in [5.74, 6) is 0.0810. The van der Waals surface area contributed by atoms with Gasteiger partial charge in [-0.1, -0.05) is 0 Å². The number of rotatable bonds is 5. The number of aryl methyl sites for hydroxylation is 2. The highest BCUT2D eigenvalue weighted by Crippen LogP contribution is 2.20. The third-order valence-electron chi connectivity index (χ3n) is 2.22. The largest absolute Gasteiger partial charge is 0.360 e. The summed E-state index contributed by atoms with van der Waals surface area (Å²) in [5.41, 5.74) is 0.989. The topological polar surface area (TPSA) is 62.3 Å². The van der Waals surface area contributed by atoms with Gasteiger partial charge in [-0.05, 0) is 13.8 Å². The Morgan fingerprint density at radius 2 is 2.00 bits per heavy atom. The second kappa shape index (κ2) is 5.11. The molecule has 0 atom stereocenters. The van der Waals surface area contributed by atoms with E-state index in [2.05, 4.69) is 10.3 Å². The number of aromatic nitrogens is 1. The number of sulfonamides is 1. The summed E-state index contributed by atoms with van der Waals surface area (Å²) in [5, 5.41) is 3.80. The first kappa shape index (κ1) is 13.4. The van der Waals surface area contributed by atoms with Gasteiger partial charge in [-0.25, -0.2) is 17.7 Å². The molecule has 1 aromatic rings. The van der Waals surface area contributed by atoms with Crippen LogP contribution in [0.3, 0.4) is 0 Å². The Labute approximate surface area is 101 Å². The third kappa shape index (κ3) is 3.43. The van der Waals surface area contributed by atoms with Crippen molar-refractivity contribution < 1.29 is 8.42 Å². The Morgan fingerprint density at radius 3 is 2.44 bits per heavy atom. The van der Waals surface area contributed by atoms with E-state index in [1.165, 1.54) is 18.4 Å². The predicted molar refractivity (Wildman–Crippen MR) is 67.6 cm³/mol. The summed E-state index contributed by atoms with van der Waals surface area (Å²) in [7, 11) is -0.0545. The molecule has 0 aliphatic rings. The van der Waals surface area contributed by atoms with E-state index in [0.717, 1.165) is 15.7 Å². The van der Waals surface area contributed by atoms with Crippen molar-refractivity contribution in [1.82, 2.24) is 9.29 Å². The molecule has 5 nitrogen and oxygen atoms in total. The van der Waals surface area contributed by atoms with Crippen LogP contribution in [-0.2, 0) is 10.0 Å². The maximum absolute atomic E-state index is 11.5. The summed E-state index contributed by atoms with van der Waals surface area (Å²) in [4.78, 5) is 5.42. The summed E-state index contributed by atoms with van der Waals surface area (Å²) in [6, 6.07) is 0. The first-order chi connectivity index (χ1) is 7.33. The van der Waals surface area contributed by atoms with Crippen molar-refractivity contribution in [2.24, 2.45) is 0 Å². The van der Waals surface area contributed by atoms with Gasteiger partial charge in [0.25, 0.3) is 0 Å². The molecule has 0 radical (unpaired) electrons. The molecule has 0 unspecified atom stereocenters. The van der Waals surface area contributed by atoms with E-state index >= 15 is 0 Å². The van der Waals surface area contributed by atoms with Crippen molar-refractivity contribution in [3.8, 4) is 0 Å². The molecule has 1 N–H and O–H groups in total. The number of hydrogen-bond donors (Lipinski definition) is 1. The lowest BCUT2D eigenvalue weighted by Crippen LogP contribution is -2.28. The maximum atomic E-state index is 11.5. The average molecular weight is 263 g/mol. The Kier molecular flexibility index (Phi) is 4.28. The van der Waals surface area contributed by atoms with Gasteiger partial charge >= 0.3 is 0 Å². The van der Waals surface area contributed by atoms with Crippen LogP contribution in [0.15, 0.2) is 0 Å². The second-order valence-electron chi connectivity index (χ2n) is 3.69. The fourth-order valence-corrected chi connectivity index (χ4v) is 2.58. The van der Waals surface area contributed by atoms with Crippen molar-refractivity contribution in [3.63, 3.8) is 0 Å². The van der Waals surface area contributed by atoms with Gasteiger partial charge in [0.1, 0.15) is 0 Å². The number of nitrogens with one attached hydrogen (secondary N) is 1. The first-order valence-electron chi connectivity index (χ1n) is 4.91. The van der Waals surface area contributed by atoms with E-state index in [1.807, 2.05) is 13.8 Å². The van der Waals surface area contributed by atoms with Crippen molar-refractivity contribution >= 4 is 26.5 Å². The minimum absolute atomic E-state index is 0.0810. The van der Waals surface area contributed by atoms with Gasteiger partial charge < -0.3 is 5.32 Å². The van der Waals surface area contributed by atoms with E-state index in [1.54, 1.807) is 11.3 Å². The van der Waals surface area contributed by atoms with Gasteiger partial charge in [0.05, 0.1) is 11.4 Å². The Morgan fingerprint density at radius 1 is 1.38 bits per heavy atom. The molecule has 1 aromatic heterocycles. The van der Waals surface area contributed by atoms with Crippen LogP contribution >= 0.6 is 11.3 Å². The molecule has 0 aliphatic heterocycles. The molecule has 0 saturated heterocycles. The Hall–Kier alpha value is -0.660. The fraction of sp³-hybridized carbons (Fsp3) is 0.667. The van der Waals surface area contributed by atoms with Gasteiger partial charge in [0.15, 0.2) is 5.13 Å². The first-order valence-corrected chi connectivity index (χ1v) is 7.33. The van der Waals surface area contributed by atoms with Crippen LogP contribution in [0.1, 0.15) is 10.6 Å². The van der Waals surface area contributed by atoms with Gasteiger partial charge in [-0.3, -0.25) is 0 Å². The zero-order valence-corrected chi connectivity index (χ0v) is 11.6. The SMILES string of the molecule is Cc1nc(NCCS(=O)(=O)N(C)C)sc1C. The summed E-state index contributed by atoms with van der Waals surface area (Å²) in [6.07, 6.45) is 0. The van der Waals surface area contributed by atoms with E-state index in [9.17, 15) is 8.42 Å². The zero-order valence-electron chi connectivity index (χ0n) is 9.94. The molecule has 0 bridgehead atoms. The highest BCUT2D eigenvalue weighted by atomic mass is 32.2. The third-order valence-corrected chi connectivity index (χ3v) is 5.08. The molecule has 0 aromatic carbocycles. The van der Waals surface area contributed by atoms with Crippen LogP contribution in [0.2, 0.25) is 0 Å². The van der Waals surface area contributed by atoms with Gasteiger partial charge in [0.2, 0.25) is 10.0 Å². The minimum atomic E-state index is -3.12. The molecule has 92 valence electrons. The van der Waals surface area contributed by atoms with Gasteiger partial charge in [-0.2, -0.15) is 0 Å². The van der Waals surface area contributed by atoms with Crippen LogP contribution in [0.5, 0.6) is 0 Å². The molecule has 0 aliphatic carbocycles. The van der Waals surface area contributed by atoms with Crippen LogP contribution in [0, 0.1) is 13.8 Å². The van der Waals surface area contributed by atoms with Crippen molar-refractivity contribution in [1.29, 1.82) is 0 Å². The van der Waals surface area contributed by atoms with Crippen LogP contribution in [0.4, 0.5) is 5.13 Å². The Balaban J connectivity index is 2.48. The molecular weight excluding hydrogens is 246 g/mol. The molecular formula is C9H17N3O2S2. The standard InChI is InChI=1S/C9H17N3O2S2/c1-7-8(2)15-9(11-7)10-5-6-16(13,14)12(3)4/h5-6H2,1-4H3,(H,10,11). The Bertz CT molecular complexity index is 432. The normalized spacial score (nSPS) is 12.1. The lowest BCUT2D eigenvalue weighted by molar-refractivity contribution is 0.521. The minimum Gasteiger partial charge on any atom is -0.360 e. The van der Waals surface area contributed by atoms with Crippen LogP contribution < -0.4 is 5.32 Å². The molecule has 16 heavy (non-hydrogen) atoms. The lowest BCUT2D eigenvalue weighted by Gasteiger charge is -2.10. The number of hydrogen-bond acceptors (Lipinski definition) is 5. The van der Waals surface area contributed by atoms with Crippen molar-refractivity contribution in [2.45, 2.75) is 13.8 Å². The zero-order chi connectivity index (χ0) is 12.3. The van der Waals surface area contributed by atoms with E-state index in [0.29, 0.717) is 6.54 Å². The number of nitrogens with zero attached hydrogens (tertiary/aromatic N) is 2. The average Bonchev–Trinajstić information content (AvgIpc) is 2.45. The molecule has 0 spiro atoms. The monoisotopic (exact) mass is 263 g/mol. The van der Waals surface area contributed by atoms with Gasteiger partial charge in [0, 0.05) is 25.5 Å². The van der Waals surface area contributed by atoms with Crippen LogP contribution in [0.25, 0.3) is 0 Å². The van der Waals surface area contributed by atoms with E-state index in [4.69, 9.17) is 0 Å². The summed E-state index contributed by atoms with van der Waals surface area (Å²) in [6.45, 7) is 4.31. The maximum Gasteiger partial charge on any atom is 0.215 e. The predicted octanol–water partition coefficient (Wildman–Crippen LogP) is 1.06. The number of thiazole rings is 1. The van der Waals surface area contributed by atoms with Crippen molar-refractivity contribution in [3.05, 3.63) is 10.6 Å². The van der Waals surface area contributed by atoms with E-state index in [-0.39, 0.29) is 5.75 Å².